The van der Waals surface area contributed by atoms with Crippen LogP contribution in [0, 0.1) is 5.82 Å². The van der Waals surface area contributed by atoms with Crippen LogP contribution in [0.25, 0.3) is 11.4 Å². The van der Waals surface area contributed by atoms with Crippen LogP contribution < -0.4 is 10.1 Å². The lowest BCUT2D eigenvalue weighted by atomic mass is 10.2. The Labute approximate surface area is 131 Å². The lowest BCUT2D eigenvalue weighted by Crippen LogP contribution is -2.13. The Balaban J connectivity index is 1.82. The molecule has 0 unspecified atom stereocenters. The number of rotatable bonds is 4. The molecular formula is C16H13FN4O2. The van der Waals surface area contributed by atoms with Gasteiger partial charge in [-0.1, -0.05) is 6.07 Å². The van der Waals surface area contributed by atoms with Crippen LogP contribution in [0.4, 0.5) is 10.2 Å². The van der Waals surface area contributed by atoms with Crippen molar-refractivity contribution in [1.82, 2.24) is 15.2 Å². The van der Waals surface area contributed by atoms with Gasteiger partial charge >= 0.3 is 0 Å². The third-order valence-electron chi connectivity index (χ3n) is 3.17. The maximum atomic E-state index is 13.3. The highest BCUT2D eigenvalue weighted by Gasteiger charge is 2.15. The predicted octanol–water partition coefficient (Wildman–Crippen LogP) is 2.87. The Morgan fingerprint density at radius 2 is 2.13 bits per heavy atom. The minimum absolute atomic E-state index is 0.0925. The molecule has 0 aliphatic carbocycles. The zero-order valence-electron chi connectivity index (χ0n) is 12.2. The van der Waals surface area contributed by atoms with Crippen molar-refractivity contribution in [2.75, 3.05) is 12.4 Å². The molecule has 0 fully saturated rings. The fraction of sp³-hybridized carbons (Fsp3) is 0.0625. The van der Waals surface area contributed by atoms with E-state index < -0.39 is 11.7 Å². The highest BCUT2D eigenvalue weighted by atomic mass is 19.1. The highest BCUT2D eigenvalue weighted by molar-refractivity contribution is 6.05. The summed E-state index contributed by atoms with van der Waals surface area (Å²) in [7, 11) is 1.41. The number of nitrogens with one attached hydrogen (secondary N) is 2. The van der Waals surface area contributed by atoms with Gasteiger partial charge < -0.3 is 10.1 Å². The molecule has 0 bridgehead atoms. The van der Waals surface area contributed by atoms with E-state index in [-0.39, 0.29) is 11.3 Å². The molecule has 2 N–H and O–H groups in total. The van der Waals surface area contributed by atoms with E-state index in [4.69, 9.17) is 4.74 Å². The normalized spacial score (nSPS) is 10.3. The summed E-state index contributed by atoms with van der Waals surface area (Å²) in [5.41, 5.74) is 1.45. The second kappa shape index (κ2) is 6.27. The zero-order valence-corrected chi connectivity index (χ0v) is 12.2. The van der Waals surface area contributed by atoms with E-state index >= 15 is 0 Å². The maximum absolute atomic E-state index is 13.3. The fourth-order valence-electron chi connectivity index (χ4n) is 2.08. The van der Waals surface area contributed by atoms with E-state index in [0.717, 1.165) is 6.07 Å². The summed E-state index contributed by atoms with van der Waals surface area (Å²) in [4.78, 5) is 16.4. The van der Waals surface area contributed by atoms with Gasteiger partial charge in [-0.3, -0.25) is 14.9 Å². The Hall–Kier alpha value is -3.22. The van der Waals surface area contributed by atoms with Crippen molar-refractivity contribution >= 4 is 11.7 Å². The van der Waals surface area contributed by atoms with E-state index in [9.17, 15) is 9.18 Å². The smallest absolute Gasteiger partial charge is 0.260 e. The van der Waals surface area contributed by atoms with Crippen LogP contribution in [-0.2, 0) is 0 Å². The topological polar surface area (TPSA) is 79.9 Å². The molecule has 2 heterocycles. The summed E-state index contributed by atoms with van der Waals surface area (Å²) in [6, 6.07) is 10.8. The monoisotopic (exact) mass is 312 g/mol. The number of pyridine rings is 1. The standard InChI is InChI=1S/C16H13FN4O2/c1-23-14-6-5-10(17)8-11(14)16(22)19-15-9-13(20-21-15)12-4-2-3-7-18-12/h2-9H,1H3,(H2,19,20,21,22). The van der Waals surface area contributed by atoms with Crippen molar-refractivity contribution in [1.29, 1.82) is 0 Å². The number of ether oxygens (including phenoxy) is 1. The number of anilines is 1. The molecule has 0 aliphatic rings. The van der Waals surface area contributed by atoms with Gasteiger partial charge in [0, 0.05) is 12.3 Å². The minimum atomic E-state index is -0.521. The van der Waals surface area contributed by atoms with Gasteiger partial charge in [0.05, 0.1) is 24.1 Å². The molecule has 1 aromatic carbocycles. The zero-order chi connectivity index (χ0) is 16.2. The van der Waals surface area contributed by atoms with Gasteiger partial charge in [0.15, 0.2) is 5.82 Å². The lowest BCUT2D eigenvalue weighted by molar-refractivity contribution is 0.102. The lowest BCUT2D eigenvalue weighted by Gasteiger charge is -2.07. The van der Waals surface area contributed by atoms with Gasteiger partial charge in [-0.25, -0.2) is 4.39 Å². The summed E-state index contributed by atoms with van der Waals surface area (Å²) < 4.78 is 18.4. The molecular weight excluding hydrogens is 299 g/mol. The van der Waals surface area contributed by atoms with Gasteiger partial charge in [-0.15, -0.1) is 0 Å². The minimum Gasteiger partial charge on any atom is -0.496 e. The Morgan fingerprint density at radius 3 is 2.87 bits per heavy atom. The quantitative estimate of drug-likeness (QED) is 0.776. The maximum Gasteiger partial charge on any atom is 0.260 e. The fourth-order valence-corrected chi connectivity index (χ4v) is 2.08. The van der Waals surface area contributed by atoms with E-state index in [1.807, 2.05) is 12.1 Å². The summed E-state index contributed by atoms with van der Waals surface area (Å²) in [6.07, 6.45) is 1.66. The Bertz CT molecular complexity index is 833. The molecule has 3 rings (SSSR count). The van der Waals surface area contributed by atoms with Crippen molar-refractivity contribution < 1.29 is 13.9 Å². The summed E-state index contributed by atoms with van der Waals surface area (Å²) >= 11 is 0. The Morgan fingerprint density at radius 1 is 1.26 bits per heavy atom. The van der Waals surface area contributed by atoms with Crippen LogP contribution in [0.2, 0.25) is 0 Å². The second-order valence-electron chi connectivity index (χ2n) is 4.68. The molecule has 0 radical (unpaired) electrons. The molecule has 0 aliphatic heterocycles. The number of H-pyrrole nitrogens is 1. The molecule has 0 spiro atoms. The first-order chi connectivity index (χ1) is 11.2. The second-order valence-corrected chi connectivity index (χ2v) is 4.68. The van der Waals surface area contributed by atoms with Crippen molar-refractivity contribution in [2.45, 2.75) is 0 Å². The number of hydrogen-bond donors (Lipinski definition) is 2. The molecule has 3 aromatic rings. The number of hydrogen-bond acceptors (Lipinski definition) is 4. The number of halogens is 1. The SMILES string of the molecule is COc1ccc(F)cc1C(=O)Nc1cc(-c2ccccn2)[nH]n1. The number of aromatic amines is 1. The first-order valence-corrected chi connectivity index (χ1v) is 6.79. The highest BCUT2D eigenvalue weighted by Crippen LogP contribution is 2.22. The first-order valence-electron chi connectivity index (χ1n) is 6.79. The van der Waals surface area contributed by atoms with Gasteiger partial charge in [-0.2, -0.15) is 5.10 Å². The molecule has 7 heteroatoms. The van der Waals surface area contributed by atoms with Crippen molar-refractivity contribution in [3.05, 3.63) is 60.0 Å². The summed E-state index contributed by atoms with van der Waals surface area (Å²) in [5.74, 6) is -0.445. The van der Waals surface area contributed by atoms with E-state index in [1.54, 1.807) is 18.3 Å². The number of carbonyl (C=O) groups excluding carboxylic acids is 1. The molecule has 0 atom stereocenters. The van der Waals surface area contributed by atoms with Gasteiger partial charge in [0.1, 0.15) is 11.6 Å². The number of methoxy groups -OCH3 is 1. The predicted molar refractivity (Wildman–Crippen MR) is 82.7 cm³/mol. The number of amides is 1. The largest absolute Gasteiger partial charge is 0.496 e. The van der Waals surface area contributed by atoms with E-state index in [2.05, 4.69) is 20.5 Å². The summed E-state index contributed by atoms with van der Waals surface area (Å²) in [6.45, 7) is 0. The van der Waals surface area contributed by atoms with E-state index in [1.165, 1.54) is 19.2 Å². The average Bonchev–Trinajstić information content (AvgIpc) is 3.04. The summed E-state index contributed by atoms with van der Waals surface area (Å²) in [5, 5.41) is 9.39. The van der Waals surface area contributed by atoms with Crippen LogP contribution in [0.5, 0.6) is 5.75 Å². The van der Waals surface area contributed by atoms with Crippen molar-refractivity contribution in [3.63, 3.8) is 0 Å². The average molecular weight is 312 g/mol. The van der Waals surface area contributed by atoms with Crippen LogP contribution in [0.15, 0.2) is 48.7 Å². The molecule has 2 aromatic heterocycles. The van der Waals surface area contributed by atoms with Crippen LogP contribution in [-0.4, -0.2) is 28.2 Å². The van der Waals surface area contributed by atoms with Crippen LogP contribution >= 0.6 is 0 Å². The molecule has 0 saturated heterocycles. The number of benzene rings is 1. The van der Waals surface area contributed by atoms with Crippen molar-refractivity contribution in [2.24, 2.45) is 0 Å². The van der Waals surface area contributed by atoms with E-state index in [0.29, 0.717) is 17.2 Å². The third-order valence-corrected chi connectivity index (χ3v) is 3.17. The number of nitrogens with zero attached hydrogens (tertiary/aromatic N) is 2. The molecule has 116 valence electrons. The molecule has 23 heavy (non-hydrogen) atoms. The van der Waals surface area contributed by atoms with Crippen LogP contribution in [0.3, 0.4) is 0 Å². The Kier molecular flexibility index (Phi) is 4.01. The van der Waals surface area contributed by atoms with Gasteiger partial charge in [-0.05, 0) is 30.3 Å². The molecule has 1 amide bonds. The number of carbonyl (C=O) groups is 1. The third kappa shape index (κ3) is 3.18. The van der Waals surface area contributed by atoms with Gasteiger partial charge in [0.25, 0.3) is 5.91 Å². The molecule has 0 saturated carbocycles. The van der Waals surface area contributed by atoms with Gasteiger partial charge in [0.2, 0.25) is 0 Å². The first kappa shape index (κ1) is 14.7. The van der Waals surface area contributed by atoms with Crippen LogP contribution in [0.1, 0.15) is 10.4 Å². The van der Waals surface area contributed by atoms with Crippen molar-refractivity contribution in [3.8, 4) is 17.1 Å². The number of aromatic nitrogens is 3. The molecule has 6 nitrogen and oxygen atoms in total.